The number of aromatic nitrogens is 1. The van der Waals surface area contributed by atoms with Crippen LogP contribution < -0.4 is 10.1 Å². The molecule has 0 unspecified atom stereocenters. The third-order valence-corrected chi connectivity index (χ3v) is 3.21. The van der Waals surface area contributed by atoms with Crippen molar-refractivity contribution in [2.45, 2.75) is 13.8 Å². The Kier molecular flexibility index (Phi) is 4.74. The summed E-state index contributed by atoms with van der Waals surface area (Å²) >= 11 is 3.37. The van der Waals surface area contributed by atoms with Gasteiger partial charge in [0.15, 0.2) is 0 Å². The van der Waals surface area contributed by atoms with Crippen LogP contribution in [0.3, 0.4) is 0 Å². The quantitative estimate of drug-likeness (QED) is 0.642. The third kappa shape index (κ3) is 3.91. The first-order chi connectivity index (χ1) is 9.99. The summed E-state index contributed by atoms with van der Waals surface area (Å²) in [7, 11) is 0. The van der Waals surface area contributed by atoms with E-state index in [1.807, 2.05) is 26.0 Å². The smallest absolute Gasteiger partial charge is 0.278 e. The van der Waals surface area contributed by atoms with Crippen molar-refractivity contribution in [3.8, 4) is 11.6 Å². The van der Waals surface area contributed by atoms with Crippen molar-refractivity contribution in [3.63, 3.8) is 0 Å². The molecule has 0 bridgehead atoms. The van der Waals surface area contributed by atoms with E-state index in [0.717, 1.165) is 10.0 Å². The van der Waals surface area contributed by atoms with E-state index in [4.69, 9.17) is 4.74 Å². The van der Waals surface area contributed by atoms with E-state index in [2.05, 4.69) is 26.2 Å². The van der Waals surface area contributed by atoms with Crippen LogP contribution in [0.15, 0.2) is 34.8 Å². The number of nitro groups is 1. The number of hydrogen-bond donors (Lipinski definition) is 1. The molecular formula is C14H14BrN3O3. The van der Waals surface area contributed by atoms with Gasteiger partial charge in [-0.25, -0.2) is 0 Å². The summed E-state index contributed by atoms with van der Waals surface area (Å²) in [5.41, 5.74) is 0.847. The van der Waals surface area contributed by atoms with Crippen molar-refractivity contribution in [3.05, 3.63) is 50.5 Å². The van der Waals surface area contributed by atoms with Crippen LogP contribution in [0.5, 0.6) is 11.6 Å². The molecule has 2 aromatic rings. The molecule has 0 aliphatic heterocycles. The predicted molar refractivity (Wildman–Crippen MR) is 84.0 cm³/mol. The van der Waals surface area contributed by atoms with Gasteiger partial charge in [0.05, 0.1) is 17.1 Å². The molecule has 2 rings (SSSR count). The van der Waals surface area contributed by atoms with Crippen LogP contribution in [0.1, 0.15) is 12.5 Å². The first-order valence-electron chi connectivity index (χ1n) is 6.34. The van der Waals surface area contributed by atoms with Crippen LogP contribution in [0.2, 0.25) is 0 Å². The fraction of sp³-hybridized carbons (Fsp3) is 0.214. The average molecular weight is 352 g/mol. The van der Waals surface area contributed by atoms with E-state index < -0.39 is 4.92 Å². The number of nitrogens with one attached hydrogen (secondary N) is 1. The van der Waals surface area contributed by atoms with Crippen LogP contribution in [-0.2, 0) is 0 Å². The molecule has 1 N–H and O–H groups in total. The van der Waals surface area contributed by atoms with Gasteiger partial charge in [-0.15, -0.1) is 0 Å². The van der Waals surface area contributed by atoms with Gasteiger partial charge < -0.3 is 10.1 Å². The average Bonchev–Trinajstić information content (AvgIpc) is 2.43. The normalized spacial score (nSPS) is 10.2. The van der Waals surface area contributed by atoms with Gasteiger partial charge in [0.1, 0.15) is 11.6 Å². The zero-order valence-electron chi connectivity index (χ0n) is 11.6. The minimum atomic E-state index is -0.469. The Bertz CT molecular complexity index is 677. The number of ether oxygens (including phenoxy) is 1. The van der Waals surface area contributed by atoms with E-state index in [-0.39, 0.29) is 11.6 Å². The Morgan fingerprint density at radius 2 is 2.14 bits per heavy atom. The van der Waals surface area contributed by atoms with Gasteiger partial charge in [-0.05, 0) is 31.5 Å². The highest BCUT2D eigenvalue weighted by atomic mass is 79.9. The lowest BCUT2D eigenvalue weighted by molar-refractivity contribution is -0.384. The van der Waals surface area contributed by atoms with Gasteiger partial charge in [0.2, 0.25) is 5.88 Å². The Balaban J connectivity index is 2.38. The predicted octanol–water partition coefficient (Wildman–Crippen LogP) is 4.28. The molecule has 6 nitrogen and oxygen atoms in total. The summed E-state index contributed by atoms with van der Waals surface area (Å²) in [4.78, 5) is 14.7. The maximum Gasteiger partial charge on any atom is 0.278 e. The largest absolute Gasteiger partial charge is 0.438 e. The van der Waals surface area contributed by atoms with Crippen molar-refractivity contribution in [1.29, 1.82) is 0 Å². The van der Waals surface area contributed by atoms with Crippen molar-refractivity contribution < 1.29 is 9.66 Å². The summed E-state index contributed by atoms with van der Waals surface area (Å²) in [6.45, 7) is 4.40. The maximum absolute atomic E-state index is 11.0. The molecular weight excluding hydrogens is 338 g/mol. The van der Waals surface area contributed by atoms with Crippen LogP contribution in [0.4, 0.5) is 11.5 Å². The van der Waals surface area contributed by atoms with Gasteiger partial charge in [-0.2, -0.15) is 4.98 Å². The molecule has 110 valence electrons. The summed E-state index contributed by atoms with van der Waals surface area (Å²) in [5.74, 6) is 1.19. The molecule has 0 amide bonds. The van der Waals surface area contributed by atoms with Crippen molar-refractivity contribution in [2.24, 2.45) is 0 Å². The standard InChI is InChI=1S/C14H14BrN3O3/c1-3-16-13-7-11(18(19)20)8-14(17-13)21-12-6-10(15)5-4-9(12)2/h4-8H,3H2,1-2H3,(H,16,17). The molecule has 1 heterocycles. The number of hydrogen-bond acceptors (Lipinski definition) is 5. The zero-order valence-corrected chi connectivity index (χ0v) is 13.2. The Morgan fingerprint density at radius 1 is 1.38 bits per heavy atom. The lowest BCUT2D eigenvalue weighted by Gasteiger charge is -2.10. The Morgan fingerprint density at radius 3 is 2.81 bits per heavy atom. The summed E-state index contributed by atoms with van der Waals surface area (Å²) in [6, 6.07) is 8.27. The first kappa shape index (κ1) is 15.2. The fourth-order valence-electron chi connectivity index (χ4n) is 1.72. The van der Waals surface area contributed by atoms with E-state index in [0.29, 0.717) is 18.1 Å². The van der Waals surface area contributed by atoms with E-state index >= 15 is 0 Å². The molecule has 0 atom stereocenters. The number of halogens is 1. The van der Waals surface area contributed by atoms with Crippen molar-refractivity contribution in [1.82, 2.24) is 4.98 Å². The highest BCUT2D eigenvalue weighted by molar-refractivity contribution is 9.10. The SMILES string of the molecule is CCNc1cc([N+](=O)[O-])cc(Oc2cc(Br)ccc2C)n1. The van der Waals surface area contributed by atoms with E-state index in [1.165, 1.54) is 12.1 Å². The molecule has 0 aliphatic rings. The van der Waals surface area contributed by atoms with Crippen molar-refractivity contribution >= 4 is 27.4 Å². The van der Waals surface area contributed by atoms with Crippen LogP contribution in [0.25, 0.3) is 0 Å². The topological polar surface area (TPSA) is 77.3 Å². The molecule has 7 heteroatoms. The second-order valence-corrected chi connectivity index (χ2v) is 5.26. The lowest BCUT2D eigenvalue weighted by Crippen LogP contribution is -2.02. The number of pyridine rings is 1. The highest BCUT2D eigenvalue weighted by Crippen LogP contribution is 2.30. The molecule has 0 radical (unpaired) electrons. The number of nitrogens with zero attached hydrogens (tertiary/aromatic N) is 2. The monoisotopic (exact) mass is 351 g/mol. The highest BCUT2D eigenvalue weighted by Gasteiger charge is 2.13. The van der Waals surface area contributed by atoms with E-state index in [9.17, 15) is 10.1 Å². The Hall–Kier alpha value is -2.15. The minimum absolute atomic E-state index is 0.0661. The molecule has 0 saturated carbocycles. The number of benzene rings is 1. The molecule has 21 heavy (non-hydrogen) atoms. The summed E-state index contributed by atoms with van der Waals surface area (Å²) in [5, 5.41) is 13.9. The lowest BCUT2D eigenvalue weighted by atomic mass is 10.2. The first-order valence-corrected chi connectivity index (χ1v) is 7.13. The molecule has 1 aromatic carbocycles. The van der Waals surface area contributed by atoms with Crippen LogP contribution in [0, 0.1) is 17.0 Å². The zero-order chi connectivity index (χ0) is 15.4. The number of aryl methyl sites for hydroxylation is 1. The summed E-state index contributed by atoms with van der Waals surface area (Å²) in [6.07, 6.45) is 0. The third-order valence-electron chi connectivity index (χ3n) is 2.72. The molecule has 0 aliphatic carbocycles. The number of anilines is 1. The van der Waals surface area contributed by atoms with Gasteiger partial charge in [0, 0.05) is 11.0 Å². The molecule has 0 saturated heterocycles. The van der Waals surface area contributed by atoms with Crippen LogP contribution >= 0.6 is 15.9 Å². The van der Waals surface area contributed by atoms with Crippen LogP contribution in [-0.4, -0.2) is 16.5 Å². The summed E-state index contributed by atoms with van der Waals surface area (Å²) < 4.78 is 6.54. The van der Waals surface area contributed by atoms with Crippen molar-refractivity contribution in [2.75, 3.05) is 11.9 Å². The van der Waals surface area contributed by atoms with E-state index in [1.54, 1.807) is 6.07 Å². The molecule has 0 fully saturated rings. The second kappa shape index (κ2) is 6.53. The van der Waals surface area contributed by atoms with Gasteiger partial charge in [-0.1, -0.05) is 22.0 Å². The minimum Gasteiger partial charge on any atom is -0.438 e. The maximum atomic E-state index is 11.0. The molecule has 0 spiro atoms. The number of rotatable bonds is 5. The molecule has 1 aromatic heterocycles. The fourth-order valence-corrected chi connectivity index (χ4v) is 2.06. The van der Waals surface area contributed by atoms with Gasteiger partial charge in [0.25, 0.3) is 5.69 Å². The van der Waals surface area contributed by atoms with Gasteiger partial charge in [-0.3, -0.25) is 10.1 Å². The van der Waals surface area contributed by atoms with Gasteiger partial charge >= 0.3 is 0 Å². The second-order valence-electron chi connectivity index (χ2n) is 4.35. The Labute approximate surface area is 130 Å².